The first-order valence-electron chi connectivity index (χ1n) is 9.91. The molecule has 0 spiro atoms. The number of halogens is 1. The molecular formula is C21H30ClN5O. The van der Waals surface area contributed by atoms with E-state index in [0.717, 1.165) is 44.7 Å². The molecule has 0 unspecified atom stereocenters. The molecule has 3 rings (SSSR count). The first-order chi connectivity index (χ1) is 13.4. The predicted molar refractivity (Wildman–Crippen MR) is 113 cm³/mol. The molecule has 28 heavy (non-hydrogen) atoms. The van der Waals surface area contributed by atoms with Crippen molar-refractivity contribution < 1.29 is 4.79 Å². The van der Waals surface area contributed by atoms with Gasteiger partial charge in [0.1, 0.15) is 5.15 Å². The largest absolute Gasteiger partial charge is 0.352 e. The fourth-order valence-electron chi connectivity index (χ4n) is 3.45. The number of carbonyl (C=O) groups is 1. The molecule has 0 bridgehead atoms. The maximum atomic E-state index is 12.6. The Hall–Kier alpha value is -1.89. The number of hydrogen-bond donors (Lipinski definition) is 1. The quantitative estimate of drug-likeness (QED) is 0.722. The Kier molecular flexibility index (Phi) is 7.10. The molecule has 1 saturated heterocycles. The second-order valence-corrected chi connectivity index (χ2v) is 8.01. The molecule has 6 nitrogen and oxygen atoms in total. The van der Waals surface area contributed by atoms with Crippen molar-refractivity contribution in [2.24, 2.45) is 0 Å². The maximum absolute atomic E-state index is 12.6. The van der Waals surface area contributed by atoms with Crippen LogP contribution in [0.4, 0.5) is 0 Å². The number of carbonyl (C=O) groups excluding carboxylic acids is 1. The van der Waals surface area contributed by atoms with Crippen molar-refractivity contribution in [3.05, 3.63) is 51.8 Å². The van der Waals surface area contributed by atoms with E-state index in [1.54, 1.807) is 4.68 Å². The summed E-state index contributed by atoms with van der Waals surface area (Å²) in [7, 11) is 2.16. The third-order valence-electron chi connectivity index (χ3n) is 5.28. The average Bonchev–Trinajstić information content (AvgIpc) is 2.95. The van der Waals surface area contributed by atoms with E-state index in [-0.39, 0.29) is 5.91 Å². The van der Waals surface area contributed by atoms with Crippen LogP contribution in [0, 0.1) is 13.8 Å². The van der Waals surface area contributed by atoms with Crippen molar-refractivity contribution >= 4 is 17.5 Å². The van der Waals surface area contributed by atoms with E-state index in [4.69, 9.17) is 11.6 Å². The summed E-state index contributed by atoms with van der Waals surface area (Å²) in [6.07, 6.45) is 0.934. The van der Waals surface area contributed by atoms with E-state index in [9.17, 15) is 4.79 Å². The van der Waals surface area contributed by atoms with Gasteiger partial charge in [0.15, 0.2) is 0 Å². The average molecular weight is 404 g/mol. The van der Waals surface area contributed by atoms with Crippen LogP contribution in [0.25, 0.3) is 0 Å². The second kappa shape index (κ2) is 9.54. The van der Waals surface area contributed by atoms with Crippen LogP contribution in [0.15, 0.2) is 24.3 Å². The number of amides is 1. The molecule has 0 atom stereocenters. The summed E-state index contributed by atoms with van der Waals surface area (Å²) in [6.45, 7) is 10.5. The molecule has 1 aromatic carbocycles. The molecule has 1 amide bonds. The number of hydrogen-bond acceptors (Lipinski definition) is 4. The van der Waals surface area contributed by atoms with Gasteiger partial charge in [0.05, 0.1) is 17.8 Å². The van der Waals surface area contributed by atoms with Crippen LogP contribution in [-0.2, 0) is 6.54 Å². The minimum absolute atomic E-state index is 0.143. The maximum Gasteiger partial charge on any atom is 0.256 e. The van der Waals surface area contributed by atoms with Gasteiger partial charge in [-0.05, 0) is 39.4 Å². The van der Waals surface area contributed by atoms with Gasteiger partial charge in [-0.25, -0.2) is 4.68 Å². The van der Waals surface area contributed by atoms with Crippen LogP contribution in [0.3, 0.4) is 0 Å². The Morgan fingerprint density at radius 1 is 1.14 bits per heavy atom. The number of rotatable bonds is 7. The third kappa shape index (κ3) is 5.34. The summed E-state index contributed by atoms with van der Waals surface area (Å²) in [5.74, 6) is -0.143. The topological polar surface area (TPSA) is 53.4 Å². The highest BCUT2D eigenvalue weighted by Crippen LogP contribution is 2.21. The zero-order valence-corrected chi connectivity index (χ0v) is 17.8. The molecule has 0 saturated carbocycles. The highest BCUT2D eigenvalue weighted by molar-refractivity contribution is 6.33. The summed E-state index contributed by atoms with van der Waals surface area (Å²) in [4.78, 5) is 17.4. The Balaban J connectivity index is 1.52. The normalized spacial score (nSPS) is 15.7. The van der Waals surface area contributed by atoms with Gasteiger partial charge in [-0.2, -0.15) is 5.10 Å². The SMILES string of the molecule is Cc1ccc(Cn2nc(C)c(C(=O)NCCCN3CCN(C)CC3)c2Cl)cc1. The number of benzene rings is 1. The van der Waals surface area contributed by atoms with E-state index in [1.807, 2.05) is 6.92 Å². The fourth-order valence-corrected chi connectivity index (χ4v) is 3.77. The van der Waals surface area contributed by atoms with Crippen LogP contribution < -0.4 is 5.32 Å². The Morgan fingerprint density at radius 2 is 1.82 bits per heavy atom. The van der Waals surface area contributed by atoms with Crippen LogP contribution >= 0.6 is 11.6 Å². The van der Waals surface area contributed by atoms with Gasteiger partial charge in [0.2, 0.25) is 0 Å². The number of aromatic nitrogens is 2. The monoisotopic (exact) mass is 403 g/mol. The van der Waals surface area contributed by atoms with Gasteiger partial charge in [0, 0.05) is 32.7 Å². The summed E-state index contributed by atoms with van der Waals surface area (Å²) < 4.78 is 1.70. The van der Waals surface area contributed by atoms with Crippen LogP contribution in [0.2, 0.25) is 5.15 Å². The number of nitrogens with one attached hydrogen (secondary N) is 1. The molecule has 7 heteroatoms. The summed E-state index contributed by atoms with van der Waals surface area (Å²) in [5.41, 5.74) is 3.46. The predicted octanol–water partition coefficient (Wildman–Crippen LogP) is 2.57. The van der Waals surface area contributed by atoms with E-state index in [0.29, 0.717) is 29.5 Å². The zero-order chi connectivity index (χ0) is 20.1. The molecule has 1 aromatic heterocycles. The van der Waals surface area contributed by atoms with Gasteiger partial charge >= 0.3 is 0 Å². The van der Waals surface area contributed by atoms with Crippen molar-refractivity contribution in [2.45, 2.75) is 26.8 Å². The first-order valence-corrected chi connectivity index (χ1v) is 10.3. The fraction of sp³-hybridized carbons (Fsp3) is 0.524. The standard InChI is InChI=1S/C21H30ClN5O/c1-16-5-7-18(8-6-16)15-27-20(22)19(17(2)24-27)21(28)23-9-4-10-26-13-11-25(3)12-14-26/h5-8H,4,9-15H2,1-3H3,(H,23,28). The lowest BCUT2D eigenvalue weighted by Crippen LogP contribution is -2.45. The lowest BCUT2D eigenvalue weighted by molar-refractivity contribution is 0.0949. The molecular weight excluding hydrogens is 374 g/mol. The number of likely N-dealkylation sites (N-methyl/N-ethyl adjacent to an activating group) is 1. The highest BCUT2D eigenvalue weighted by atomic mass is 35.5. The van der Waals surface area contributed by atoms with E-state index >= 15 is 0 Å². The van der Waals surface area contributed by atoms with Crippen molar-refractivity contribution in [1.29, 1.82) is 0 Å². The number of aryl methyl sites for hydroxylation is 2. The summed E-state index contributed by atoms with van der Waals surface area (Å²) >= 11 is 6.48. The van der Waals surface area contributed by atoms with Gasteiger partial charge in [-0.15, -0.1) is 0 Å². The van der Waals surface area contributed by atoms with Crippen molar-refractivity contribution in [2.75, 3.05) is 46.3 Å². The van der Waals surface area contributed by atoms with Gasteiger partial charge in [-0.3, -0.25) is 4.79 Å². The van der Waals surface area contributed by atoms with Gasteiger partial charge in [0.25, 0.3) is 5.91 Å². The Morgan fingerprint density at radius 3 is 2.50 bits per heavy atom. The Bertz CT molecular complexity index is 794. The second-order valence-electron chi connectivity index (χ2n) is 7.65. The van der Waals surface area contributed by atoms with Crippen molar-refractivity contribution in [3.8, 4) is 0 Å². The van der Waals surface area contributed by atoms with Crippen LogP contribution in [0.1, 0.15) is 33.6 Å². The molecule has 0 radical (unpaired) electrons. The lowest BCUT2D eigenvalue weighted by Gasteiger charge is -2.32. The molecule has 0 aliphatic carbocycles. The molecule has 2 heterocycles. The first kappa shape index (κ1) is 20.8. The molecule has 1 aliphatic rings. The smallest absolute Gasteiger partial charge is 0.256 e. The van der Waals surface area contributed by atoms with Crippen molar-refractivity contribution in [3.63, 3.8) is 0 Å². The minimum Gasteiger partial charge on any atom is -0.352 e. The summed E-state index contributed by atoms with van der Waals surface area (Å²) in [6, 6.07) is 8.24. The Labute approximate surface area is 172 Å². The molecule has 2 aromatic rings. The number of nitrogens with zero attached hydrogens (tertiary/aromatic N) is 4. The highest BCUT2D eigenvalue weighted by Gasteiger charge is 2.20. The van der Waals surface area contributed by atoms with E-state index in [1.165, 1.54) is 5.56 Å². The molecule has 152 valence electrons. The zero-order valence-electron chi connectivity index (χ0n) is 17.0. The third-order valence-corrected chi connectivity index (χ3v) is 5.66. The summed E-state index contributed by atoms with van der Waals surface area (Å²) in [5, 5.41) is 7.87. The minimum atomic E-state index is -0.143. The molecule has 1 fully saturated rings. The molecule has 1 N–H and O–H groups in total. The lowest BCUT2D eigenvalue weighted by atomic mass is 10.1. The number of piperazine rings is 1. The molecule has 1 aliphatic heterocycles. The van der Waals surface area contributed by atoms with Crippen LogP contribution in [-0.4, -0.2) is 71.8 Å². The van der Waals surface area contributed by atoms with Gasteiger partial charge in [-0.1, -0.05) is 41.4 Å². The van der Waals surface area contributed by atoms with E-state index in [2.05, 4.69) is 58.5 Å². The van der Waals surface area contributed by atoms with E-state index < -0.39 is 0 Å². The van der Waals surface area contributed by atoms with Gasteiger partial charge < -0.3 is 15.1 Å². The van der Waals surface area contributed by atoms with Crippen LogP contribution in [0.5, 0.6) is 0 Å². The van der Waals surface area contributed by atoms with Crippen molar-refractivity contribution in [1.82, 2.24) is 24.9 Å².